The van der Waals surface area contributed by atoms with Gasteiger partial charge in [-0.15, -0.1) is 5.10 Å². The van der Waals surface area contributed by atoms with Crippen LogP contribution in [0.1, 0.15) is 5.69 Å². The van der Waals surface area contributed by atoms with Gasteiger partial charge < -0.3 is 0 Å². The van der Waals surface area contributed by atoms with Crippen molar-refractivity contribution in [3.05, 3.63) is 48.2 Å². The number of hydrogen-bond acceptors (Lipinski definition) is 5. The summed E-state index contributed by atoms with van der Waals surface area (Å²) in [5.41, 5.74) is 0.105. The fourth-order valence-electron chi connectivity index (χ4n) is 2.56. The molecular weight excluding hydrogens is 354 g/mol. The average molecular weight is 363 g/mol. The van der Waals surface area contributed by atoms with Gasteiger partial charge in [-0.05, 0) is 34.7 Å². The van der Waals surface area contributed by atoms with Crippen LogP contribution >= 0.6 is 0 Å². The van der Waals surface area contributed by atoms with E-state index in [0.717, 1.165) is 6.07 Å². The summed E-state index contributed by atoms with van der Waals surface area (Å²) < 4.78 is 55.2. The molecule has 1 aromatic carbocycles. The van der Waals surface area contributed by atoms with Crippen LogP contribution in [-0.2, 0) is 13.2 Å². The average Bonchev–Trinajstić information content (AvgIpc) is 3.20. The lowest BCUT2D eigenvalue weighted by molar-refractivity contribution is -0.141. The summed E-state index contributed by atoms with van der Waals surface area (Å²) in [5.74, 6) is -0.422. The highest BCUT2D eigenvalue weighted by molar-refractivity contribution is 5.69. The molecule has 0 amide bonds. The molecule has 4 aromatic rings. The number of aryl methyl sites for hydroxylation is 1. The van der Waals surface area contributed by atoms with E-state index in [4.69, 9.17) is 0 Å². The molecule has 4 rings (SSSR count). The van der Waals surface area contributed by atoms with Crippen molar-refractivity contribution in [3.63, 3.8) is 0 Å². The van der Waals surface area contributed by atoms with E-state index in [9.17, 15) is 17.6 Å². The molecule has 0 radical (unpaired) electrons. The van der Waals surface area contributed by atoms with Crippen LogP contribution in [0.2, 0.25) is 0 Å². The normalized spacial score (nSPS) is 12.0. The molecule has 0 unspecified atom stereocenters. The molecule has 132 valence electrons. The standard InChI is InChI=1S/C15H9F4N7/c1-25-13(22-23-24-25)9-6-8(2-3-10(9)16)11-7-20-14-21-12(15(17,18)19)4-5-26(11)14/h2-7H,1H3. The lowest BCUT2D eigenvalue weighted by atomic mass is 10.1. The summed E-state index contributed by atoms with van der Waals surface area (Å²) in [6.07, 6.45) is -1.97. The first-order valence-electron chi connectivity index (χ1n) is 7.28. The van der Waals surface area contributed by atoms with Crippen molar-refractivity contribution in [1.29, 1.82) is 0 Å². The largest absolute Gasteiger partial charge is 0.433 e. The van der Waals surface area contributed by atoms with Gasteiger partial charge in [0.15, 0.2) is 5.82 Å². The monoisotopic (exact) mass is 363 g/mol. The SMILES string of the molecule is Cn1nnnc1-c1cc(-c2cnc3nc(C(F)(F)F)ccn23)ccc1F. The van der Waals surface area contributed by atoms with E-state index in [2.05, 4.69) is 25.5 Å². The molecule has 3 heterocycles. The van der Waals surface area contributed by atoms with Crippen molar-refractivity contribution < 1.29 is 17.6 Å². The molecular formula is C15H9F4N7. The van der Waals surface area contributed by atoms with Crippen LogP contribution in [0.5, 0.6) is 0 Å². The smallest absolute Gasteiger partial charge is 0.284 e. The molecule has 11 heteroatoms. The Morgan fingerprint density at radius 2 is 1.92 bits per heavy atom. The lowest BCUT2D eigenvalue weighted by Crippen LogP contribution is -2.09. The quantitative estimate of drug-likeness (QED) is 0.512. The fourth-order valence-corrected chi connectivity index (χ4v) is 2.56. The number of alkyl halides is 3. The van der Waals surface area contributed by atoms with Crippen molar-refractivity contribution in [2.45, 2.75) is 6.18 Å². The Kier molecular flexibility index (Phi) is 3.46. The Morgan fingerprint density at radius 1 is 1.12 bits per heavy atom. The first-order valence-corrected chi connectivity index (χ1v) is 7.28. The molecule has 0 saturated heterocycles. The van der Waals surface area contributed by atoms with E-state index in [-0.39, 0.29) is 17.2 Å². The minimum absolute atomic E-state index is 0.110. The van der Waals surface area contributed by atoms with Crippen LogP contribution in [-0.4, -0.2) is 34.6 Å². The second-order valence-electron chi connectivity index (χ2n) is 5.44. The van der Waals surface area contributed by atoms with Gasteiger partial charge in [0.05, 0.1) is 17.5 Å². The van der Waals surface area contributed by atoms with Crippen LogP contribution in [0.25, 0.3) is 28.4 Å². The minimum atomic E-state index is -4.56. The van der Waals surface area contributed by atoms with Crippen molar-refractivity contribution in [2.24, 2.45) is 7.05 Å². The second-order valence-corrected chi connectivity index (χ2v) is 5.44. The number of tetrazole rings is 1. The number of aromatic nitrogens is 7. The van der Waals surface area contributed by atoms with Crippen LogP contribution in [0.15, 0.2) is 36.7 Å². The van der Waals surface area contributed by atoms with Crippen molar-refractivity contribution >= 4 is 5.78 Å². The topological polar surface area (TPSA) is 73.8 Å². The number of imidazole rings is 1. The predicted octanol–water partition coefficient (Wildman–Crippen LogP) is 2.74. The third kappa shape index (κ3) is 2.57. The van der Waals surface area contributed by atoms with Crippen molar-refractivity contribution in [1.82, 2.24) is 34.6 Å². The minimum Gasteiger partial charge on any atom is -0.284 e. The summed E-state index contributed by atoms with van der Waals surface area (Å²) in [5, 5.41) is 10.9. The summed E-state index contributed by atoms with van der Waals surface area (Å²) in [6.45, 7) is 0. The van der Waals surface area contributed by atoms with Crippen LogP contribution in [0.3, 0.4) is 0 Å². The summed E-state index contributed by atoms with van der Waals surface area (Å²) >= 11 is 0. The van der Waals surface area contributed by atoms with Gasteiger partial charge in [0.1, 0.15) is 11.5 Å². The van der Waals surface area contributed by atoms with Gasteiger partial charge in [-0.25, -0.2) is 19.0 Å². The highest BCUT2D eigenvalue weighted by Crippen LogP contribution is 2.30. The Morgan fingerprint density at radius 3 is 2.62 bits per heavy atom. The lowest BCUT2D eigenvalue weighted by Gasteiger charge is -2.08. The zero-order valence-electron chi connectivity index (χ0n) is 13.1. The van der Waals surface area contributed by atoms with Gasteiger partial charge in [0.25, 0.3) is 0 Å². The van der Waals surface area contributed by atoms with Gasteiger partial charge in [-0.3, -0.25) is 4.40 Å². The van der Waals surface area contributed by atoms with Gasteiger partial charge in [-0.1, -0.05) is 0 Å². The van der Waals surface area contributed by atoms with Crippen LogP contribution in [0, 0.1) is 5.82 Å². The first-order chi connectivity index (χ1) is 12.3. The van der Waals surface area contributed by atoms with Gasteiger partial charge in [-0.2, -0.15) is 13.2 Å². The molecule has 0 aliphatic carbocycles. The number of hydrogen-bond donors (Lipinski definition) is 0. The maximum Gasteiger partial charge on any atom is 0.433 e. The van der Waals surface area contributed by atoms with Crippen molar-refractivity contribution in [2.75, 3.05) is 0 Å². The van der Waals surface area contributed by atoms with E-state index in [1.165, 1.54) is 39.7 Å². The van der Waals surface area contributed by atoms with E-state index < -0.39 is 17.7 Å². The Bertz CT molecular complexity index is 1110. The molecule has 3 aromatic heterocycles. The number of rotatable bonds is 2. The molecule has 0 saturated carbocycles. The number of fused-ring (bicyclic) bond motifs is 1. The molecule has 0 bridgehead atoms. The maximum atomic E-state index is 14.2. The van der Waals surface area contributed by atoms with Gasteiger partial charge in [0, 0.05) is 18.8 Å². The Hall–Kier alpha value is -3.37. The zero-order chi connectivity index (χ0) is 18.5. The van der Waals surface area contributed by atoms with Crippen molar-refractivity contribution in [3.8, 4) is 22.6 Å². The number of nitrogens with zero attached hydrogens (tertiary/aromatic N) is 7. The third-order valence-corrected chi connectivity index (χ3v) is 3.79. The first kappa shape index (κ1) is 16.1. The number of halogens is 4. The van der Waals surface area contributed by atoms with Gasteiger partial charge >= 0.3 is 6.18 Å². The molecule has 0 aliphatic rings. The maximum absolute atomic E-state index is 14.2. The van der Waals surface area contributed by atoms with Gasteiger partial charge in [0.2, 0.25) is 5.78 Å². The van der Waals surface area contributed by atoms with E-state index in [0.29, 0.717) is 11.3 Å². The molecule has 7 nitrogen and oxygen atoms in total. The molecule has 0 atom stereocenters. The summed E-state index contributed by atoms with van der Waals surface area (Å²) in [7, 11) is 1.57. The molecule has 26 heavy (non-hydrogen) atoms. The zero-order valence-corrected chi connectivity index (χ0v) is 13.1. The molecule has 0 fully saturated rings. The second kappa shape index (κ2) is 5.58. The summed E-state index contributed by atoms with van der Waals surface area (Å²) in [6, 6.07) is 5.08. The third-order valence-electron chi connectivity index (χ3n) is 3.79. The molecule has 0 spiro atoms. The van der Waals surface area contributed by atoms with E-state index >= 15 is 0 Å². The molecule has 0 N–H and O–H groups in total. The van der Waals surface area contributed by atoms with Crippen LogP contribution < -0.4 is 0 Å². The predicted molar refractivity (Wildman–Crippen MR) is 81.2 cm³/mol. The Labute approximate surface area is 142 Å². The molecule has 0 aliphatic heterocycles. The van der Waals surface area contributed by atoms with E-state index in [1.807, 2.05) is 0 Å². The summed E-state index contributed by atoms with van der Waals surface area (Å²) in [4.78, 5) is 7.43. The highest BCUT2D eigenvalue weighted by Gasteiger charge is 2.33. The fraction of sp³-hybridized carbons (Fsp3) is 0.133. The Balaban J connectivity index is 1.85. The highest BCUT2D eigenvalue weighted by atomic mass is 19.4. The van der Waals surface area contributed by atoms with E-state index in [1.54, 1.807) is 7.05 Å². The van der Waals surface area contributed by atoms with Crippen LogP contribution in [0.4, 0.5) is 17.6 Å². The number of benzene rings is 1.